The molecule has 0 atom stereocenters. The smallest absolute Gasteiger partial charge is 0.148 e. The molecule has 3 nitrogen and oxygen atoms in total. The van der Waals surface area contributed by atoms with Gasteiger partial charge in [-0.3, -0.25) is 0 Å². The minimum Gasteiger partial charge on any atom is -0.317 e. The van der Waals surface area contributed by atoms with Crippen LogP contribution in [-0.2, 0) is 6.42 Å². The topological polar surface area (TPSA) is 37.8 Å². The first-order chi connectivity index (χ1) is 8.72. The first-order valence-corrected chi connectivity index (χ1v) is 7.62. The Morgan fingerprint density at radius 1 is 1.33 bits per heavy atom. The Morgan fingerprint density at radius 3 is 2.94 bits per heavy atom. The summed E-state index contributed by atoms with van der Waals surface area (Å²) in [4.78, 5) is 0. The molecular formula is C13H16BrN3S. The zero-order chi connectivity index (χ0) is 13.0. The summed E-state index contributed by atoms with van der Waals surface area (Å²) in [6, 6.07) is 6.21. The van der Waals surface area contributed by atoms with E-state index in [9.17, 15) is 0 Å². The van der Waals surface area contributed by atoms with Gasteiger partial charge in [-0.1, -0.05) is 36.5 Å². The number of aromatic nitrogens is 2. The number of likely N-dealkylation sites (N-methyl/N-ethyl adjacent to an activating group) is 1. The number of nitrogens with zero attached hydrogens (tertiary/aromatic N) is 2. The monoisotopic (exact) mass is 325 g/mol. The van der Waals surface area contributed by atoms with Gasteiger partial charge >= 0.3 is 0 Å². The molecule has 0 saturated carbocycles. The van der Waals surface area contributed by atoms with Gasteiger partial charge in [0, 0.05) is 23.0 Å². The SMILES string of the molecule is CCNCCc1nnc(-c2cccc(C)c2Br)s1. The Hall–Kier alpha value is -0.780. The number of benzene rings is 1. The Balaban J connectivity index is 2.16. The lowest BCUT2D eigenvalue weighted by atomic mass is 10.1. The van der Waals surface area contributed by atoms with E-state index in [4.69, 9.17) is 0 Å². The van der Waals surface area contributed by atoms with Gasteiger partial charge in [-0.2, -0.15) is 0 Å². The van der Waals surface area contributed by atoms with Crippen molar-refractivity contribution in [2.45, 2.75) is 20.3 Å². The van der Waals surface area contributed by atoms with E-state index in [2.05, 4.69) is 63.5 Å². The highest BCUT2D eigenvalue weighted by Gasteiger charge is 2.10. The number of halogens is 1. The maximum Gasteiger partial charge on any atom is 0.148 e. The molecule has 1 aromatic heterocycles. The maximum absolute atomic E-state index is 4.28. The second-order valence-corrected chi connectivity index (χ2v) is 5.90. The summed E-state index contributed by atoms with van der Waals surface area (Å²) in [7, 11) is 0. The molecule has 0 spiro atoms. The van der Waals surface area contributed by atoms with Crippen molar-refractivity contribution in [2.75, 3.05) is 13.1 Å². The third-order valence-electron chi connectivity index (χ3n) is 2.65. The molecule has 0 amide bonds. The lowest BCUT2D eigenvalue weighted by Crippen LogP contribution is -2.15. The Labute approximate surface area is 120 Å². The van der Waals surface area contributed by atoms with Gasteiger partial charge in [0.1, 0.15) is 10.0 Å². The zero-order valence-corrected chi connectivity index (χ0v) is 12.9. The third-order valence-corrected chi connectivity index (χ3v) is 4.72. The molecule has 0 radical (unpaired) electrons. The molecule has 1 N–H and O–H groups in total. The number of rotatable bonds is 5. The molecular weight excluding hydrogens is 310 g/mol. The van der Waals surface area contributed by atoms with Crippen molar-refractivity contribution in [3.8, 4) is 10.6 Å². The number of hydrogen-bond acceptors (Lipinski definition) is 4. The Kier molecular flexibility index (Phi) is 4.86. The normalized spacial score (nSPS) is 10.8. The summed E-state index contributed by atoms with van der Waals surface area (Å²) in [5.74, 6) is 0. The van der Waals surface area contributed by atoms with E-state index < -0.39 is 0 Å². The van der Waals surface area contributed by atoms with Crippen LogP contribution in [0.3, 0.4) is 0 Å². The van der Waals surface area contributed by atoms with Crippen molar-refractivity contribution in [3.63, 3.8) is 0 Å². The van der Waals surface area contributed by atoms with Crippen molar-refractivity contribution in [3.05, 3.63) is 33.2 Å². The van der Waals surface area contributed by atoms with Gasteiger partial charge in [0.15, 0.2) is 0 Å². The number of aryl methyl sites for hydroxylation is 1. The van der Waals surface area contributed by atoms with Gasteiger partial charge in [0.25, 0.3) is 0 Å². The average molecular weight is 326 g/mol. The van der Waals surface area contributed by atoms with Crippen LogP contribution >= 0.6 is 27.3 Å². The van der Waals surface area contributed by atoms with Crippen LogP contribution in [0.4, 0.5) is 0 Å². The molecule has 0 bridgehead atoms. The van der Waals surface area contributed by atoms with E-state index in [0.717, 1.165) is 39.6 Å². The summed E-state index contributed by atoms with van der Waals surface area (Å²) in [5.41, 5.74) is 2.35. The van der Waals surface area contributed by atoms with Crippen LogP contribution in [0.15, 0.2) is 22.7 Å². The molecule has 0 aliphatic heterocycles. The fourth-order valence-corrected chi connectivity index (χ4v) is 3.10. The first kappa shape index (κ1) is 13.6. The lowest BCUT2D eigenvalue weighted by Gasteiger charge is -2.02. The fourth-order valence-electron chi connectivity index (χ4n) is 1.65. The summed E-state index contributed by atoms with van der Waals surface area (Å²) < 4.78 is 1.11. The van der Waals surface area contributed by atoms with Gasteiger partial charge in [0.05, 0.1) is 0 Å². The second-order valence-electron chi connectivity index (χ2n) is 4.04. The Bertz CT molecular complexity index is 525. The second kappa shape index (κ2) is 6.41. The lowest BCUT2D eigenvalue weighted by molar-refractivity contribution is 0.710. The van der Waals surface area contributed by atoms with Crippen molar-refractivity contribution in [1.82, 2.24) is 15.5 Å². The third kappa shape index (κ3) is 3.16. The van der Waals surface area contributed by atoms with E-state index in [-0.39, 0.29) is 0 Å². The van der Waals surface area contributed by atoms with Gasteiger partial charge in [0.2, 0.25) is 0 Å². The number of hydrogen-bond donors (Lipinski definition) is 1. The van der Waals surface area contributed by atoms with E-state index in [1.54, 1.807) is 11.3 Å². The molecule has 0 aliphatic rings. The molecule has 1 heterocycles. The summed E-state index contributed by atoms with van der Waals surface area (Å²) in [5, 5.41) is 13.9. The van der Waals surface area contributed by atoms with Crippen LogP contribution in [0.5, 0.6) is 0 Å². The van der Waals surface area contributed by atoms with Gasteiger partial charge in [-0.05, 0) is 35.0 Å². The van der Waals surface area contributed by atoms with E-state index in [1.807, 2.05) is 0 Å². The molecule has 2 rings (SSSR count). The molecule has 1 aromatic carbocycles. The Morgan fingerprint density at radius 2 is 2.17 bits per heavy atom. The zero-order valence-electron chi connectivity index (χ0n) is 10.5. The van der Waals surface area contributed by atoms with Gasteiger partial charge < -0.3 is 5.32 Å². The summed E-state index contributed by atoms with van der Waals surface area (Å²) >= 11 is 5.28. The van der Waals surface area contributed by atoms with Crippen LogP contribution in [-0.4, -0.2) is 23.3 Å². The maximum atomic E-state index is 4.28. The minimum absolute atomic E-state index is 0.939. The van der Waals surface area contributed by atoms with E-state index in [0.29, 0.717) is 0 Å². The van der Waals surface area contributed by atoms with Crippen LogP contribution in [0.25, 0.3) is 10.6 Å². The fraction of sp³-hybridized carbons (Fsp3) is 0.385. The van der Waals surface area contributed by atoms with E-state index in [1.165, 1.54) is 5.56 Å². The van der Waals surface area contributed by atoms with Crippen LogP contribution < -0.4 is 5.32 Å². The van der Waals surface area contributed by atoms with Crippen LogP contribution in [0.2, 0.25) is 0 Å². The van der Waals surface area contributed by atoms with Crippen molar-refractivity contribution >= 4 is 27.3 Å². The highest BCUT2D eigenvalue weighted by molar-refractivity contribution is 9.10. The largest absolute Gasteiger partial charge is 0.317 e. The summed E-state index contributed by atoms with van der Waals surface area (Å²) in [6.45, 7) is 6.14. The van der Waals surface area contributed by atoms with Gasteiger partial charge in [-0.15, -0.1) is 10.2 Å². The highest BCUT2D eigenvalue weighted by atomic mass is 79.9. The van der Waals surface area contributed by atoms with Gasteiger partial charge in [-0.25, -0.2) is 0 Å². The van der Waals surface area contributed by atoms with Crippen LogP contribution in [0.1, 0.15) is 17.5 Å². The quantitative estimate of drug-likeness (QED) is 0.856. The highest BCUT2D eigenvalue weighted by Crippen LogP contribution is 2.32. The molecule has 0 fully saturated rings. The first-order valence-electron chi connectivity index (χ1n) is 6.01. The predicted molar refractivity (Wildman–Crippen MR) is 80.0 cm³/mol. The van der Waals surface area contributed by atoms with Crippen molar-refractivity contribution < 1.29 is 0 Å². The molecule has 2 aromatic rings. The van der Waals surface area contributed by atoms with Crippen LogP contribution in [0, 0.1) is 6.92 Å². The molecule has 0 unspecified atom stereocenters. The molecule has 18 heavy (non-hydrogen) atoms. The van der Waals surface area contributed by atoms with Crippen molar-refractivity contribution in [2.24, 2.45) is 0 Å². The molecule has 0 aliphatic carbocycles. The average Bonchev–Trinajstić information content (AvgIpc) is 2.82. The standard InChI is InChI=1S/C13H16BrN3S/c1-3-15-8-7-11-16-17-13(18-11)10-6-4-5-9(2)12(10)14/h4-6,15H,3,7-8H2,1-2H3. The van der Waals surface area contributed by atoms with Crippen molar-refractivity contribution in [1.29, 1.82) is 0 Å². The molecule has 0 saturated heterocycles. The molecule has 96 valence electrons. The summed E-state index contributed by atoms with van der Waals surface area (Å²) in [6.07, 6.45) is 0.939. The number of nitrogens with one attached hydrogen (secondary N) is 1. The predicted octanol–water partition coefficient (Wildman–Crippen LogP) is 3.43. The minimum atomic E-state index is 0.939. The molecule has 5 heteroatoms. The van der Waals surface area contributed by atoms with E-state index >= 15 is 0 Å².